The summed E-state index contributed by atoms with van der Waals surface area (Å²) in [5.41, 5.74) is 0. The molecule has 6 heteroatoms. The smallest absolute Gasteiger partial charge is 0.303 e. The predicted molar refractivity (Wildman–Crippen MR) is 84.0 cm³/mol. The molecule has 1 aromatic carbocycles. The molecule has 2 N–H and O–H groups in total. The normalized spacial score (nSPS) is 10.2. The number of carbonyl (C=O) groups excluding carboxylic acids is 1. The minimum absolute atomic E-state index is 0.00760. The average molecular weight is 360 g/mol. The van der Waals surface area contributed by atoms with E-state index in [1.165, 1.54) is 4.90 Å². The maximum Gasteiger partial charge on any atom is 0.303 e. The number of carbonyl (C=O) groups is 2. The molecule has 4 nitrogen and oxygen atoms in total. The summed E-state index contributed by atoms with van der Waals surface area (Å²) in [6, 6.07) is 8.08. The van der Waals surface area contributed by atoms with Crippen LogP contribution in [0.3, 0.4) is 0 Å². The van der Waals surface area contributed by atoms with Crippen LogP contribution in [-0.2, 0) is 9.59 Å². The van der Waals surface area contributed by atoms with E-state index >= 15 is 0 Å². The molecule has 0 aromatic heterocycles. The van der Waals surface area contributed by atoms with Crippen molar-refractivity contribution < 1.29 is 14.7 Å². The van der Waals surface area contributed by atoms with Crippen molar-refractivity contribution >= 4 is 39.6 Å². The molecular formula is C14H18BrNO3S. The van der Waals surface area contributed by atoms with Crippen LogP contribution in [0.2, 0.25) is 0 Å². The second-order valence-electron chi connectivity index (χ2n) is 4.25. The van der Waals surface area contributed by atoms with Crippen LogP contribution in [-0.4, -0.2) is 29.3 Å². The molecule has 0 atom stereocenters. The SMILES string of the molecule is O=C(O)CCCNC(=O)CCCSc1ccc(Br)cc1. The van der Waals surface area contributed by atoms with Crippen LogP contribution >= 0.6 is 27.7 Å². The number of hydrogen-bond donors (Lipinski definition) is 2. The van der Waals surface area contributed by atoms with Crippen LogP contribution in [0.4, 0.5) is 0 Å². The summed E-state index contributed by atoms with van der Waals surface area (Å²) in [6.45, 7) is 0.436. The highest BCUT2D eigenvalue weighted by molar-refractivity contribution is 9.10. The molecule has 20 heavy (non-hydrogen) atoms. The van der Waals surface area contributed by atoms with Gasteiger partial charge in [0.05, 0.1) is 0 Å². The van der Waals surface area contributed by atoms with Gasteiger partial charge in [-0.05, 0) is 42.9 Å². The molecule has 0 aliphatic carbocycles. The Kier molecular flexibility index (Phi) is 8.37. The Morgan fingerprint density at radius 2 is 1.85 bits per heavy atom. The maximum absolute atomic E-state index is 11.5. The van der Waals surface area contributed by atoms with Gasteiger partial charge in [-0.2, -0.15) is 0 Å². The zero-order chi connectivity index (χ0) is 14.8. The highest BCUT2D eigenvalue weighted by atomic mass is 79.9. The van der Waals surface area contributed by atoms with E-state index in [2.05, 4.69) is 21.2 Å². The molecule has 0 saturated heterocycles. The minimum Gasteiger partial charge on any atom is -0.481 e. The lowest BCUT2D eigenvalue weighted by atomic mass is 10.3. The average Bonchev–Trinajstić information content (AvgIpc) is 2.41. The topological polar surface area (TPSA) is 66.4 Å². The summed E-state index contributed by atoms with van der Waals surface area (Å²) in [5.74, 6) is 0.0569. The fourth-order valence-electron chi connectivity index (χ4n) is 1.51. The highest BCUT2D eigenvalue weighted by Crippen LogP contribution is 2.21. The number of benzene rings is 1. The van der Waals surface area contributed by atoms with Crippen molar-refractivity contribution in [2.75, 3.05) is 12.3 Å². The van der Waals surface area contributed by atoms with Crippen molar-refractivity contribution in [1.29, 1.82) is 0 Å². The van der Waals surface area contributed by atoms with Gasteiger partial charge in [0.1, 0.15) is 0 Å². The second kappa shape index (κ2) is 9.83. The van der Waals surface area contributed by atoms with Gasteiger partial charge in [0.25, 0.3) is 0 Å². The number of rotatable bonds is 9. The van der Waals surface area contributed by atoms with Crippen molar-refractivity contribution in [1.82, 2.24) is 5.32 Å². The Hall–Kier alpha value is -1.01. The number of aliphatic carboxylic acids is 1. The molecule has 0 radical (unpaired) electrons. The molecule has 1 amide bonds. The van der Waals surface area contributed by atoms with E-state index in [4.69, 9.17) is 5.11 Å². The lowest BCUT2D eigenvalue weighted by molar-refractivity contribution is -0.137. The maximum atomic E-state index is 11.5. The van der Waals surface area contributed by atoms with Gasteiger partial charge in [0.2, 0.25) is 5.91 Å². The van der Waals surface area contributed by atoms with Crippen molar-refractivity contribution in [3.05, 3.63) is 28.7 Å². The van der Waals surface area contributed by atoms with Gasteiger partial charge in [-0.3, -0.25) is 9.59 Å². The third-order valence-electron chi connectivity index (χ3n) is 2.52. The summed E-state index contributed by atoms with van der Waals surface area (Å²) in [7, 11) is 0. The van der Waals surface area contributed by atoms with E-state index < -0.39 is 5.97 Å². The van der Waals surface area contributed by atoms with E-state index in [9.17, 15) is 9.59 Å². The summed E-state index contributed by atoms with van der Waals surface area (Å²) in [6.07, 6.45) is 1.87. The van der Waals surface area contributed by atoms with Crippen LogP contribution < -0.4 is 5.32 Å². The first-order valence-electron chi connectivity index (χ1n) is 6.45. The third kappa shape index (κ3) is 8.22. The second-order valence-corrected chi connectivity index (χ2v) is 6.34. The Morgan fingerprint density at radius 1 is 1.15 bits per heavy atom. The lowest BCUT2D eigenvalue weighted by Gasteiger charge is -2.04. The Bertz CT molecular complexity index is 437. The minimum atomic E-state index is -0.829. The molecular weight excluding hydrogens is 342 g/mol. The number of nitrogens with one attached hydrogen (secondary N) is 1. The standard InChI is InChI=1S/C14H18BrNO3S/c15-11-5-7-12(8-6-11)20-10-2-3-13(17)16-9-1-4-14(18)19/h5-8H,1-4,9-10H2,(H,16,17)(H,18,19). The highest BCUT2D eigenvalue weighted by Gasteiger charge is 2.02. The molecule has 0 spiro atoms. The predicted octanol–water partition coefficient (Wildman–Crippen LogP) is 3.30. The number of carboxylic acid groups (broad SMARTS) is 1. The molecule has 0 saturated carbocycles. The first-order valence-corrected chi connectivity index (χ1v) is 8.22. The summed E-state index contributed by atoms with van der Waals surface area (Å²) < 4.78 is 1.06. The fourth-order valence-corrected chi connectivity index (χ4v) is 2.63. The van der Waals surface area contributed by atoms with Gasteiger partial charge in [-0.25, -0.2) is 0 Å². The molecule has 0 bridgehead atoms. The lowest BCUT2D eigenvalue weighted by Crippen LogP contribution is -2.24. The van der Waals surface area contributed by atoms with Gasteiger partial charge in [-0.1, -0.05) is 15.9 Å². The molecule has 1 aromatic rings. The summed E-state index contributed by atoms with van der Waals surface area (Å²) in [4.78, 5) is 23.0. The van der Waals surface area contributed by atoms with Crippen LogP contribution in [0, 0.1) is 0 Å². The Balaban J connectivity index is 2.04. The first kappa shape index (κ1) is 17.0. The summed E-state index contributed by atoms with van der Waals surface area (Å²) >= 11 is 5.11. The Morgan fingerprint density at radius 3 is 2.50 bits per heavy atom. The van der Waals surface area contributed by atoms with Gasteiger partial charge in [-0.15, -0.1) is 11.8 Å². The van der Waals surface area contributed by atoms with Crippen molar-refractivity contribution in [3.8, 4) is 0 Å². The van der Waals surface area contributed by atoms with Gasteiger partial charge >= 0.3 is 5.97 Å². The molecule has 0 fully saturated rings. The summed E-state index contributed by atoms with van der Waals surface area (Å²) in [5, 5.41) is 11.2. The van der Waals surface area contributed by atoms with E-state index in [0.717, 1.165) is 16.6 Å². The molecule has 0 aliphatic heterocycles. The van der Waals surface area contributed by atoms with Crippen molar-refractivity contribution in [2.24, 2.45) is 0 Å². The van der Waals surface area contributed by atoms with E-state index in [1.54, 1.807) is 11.8 Å². The van der Waals surface area contributed by atoms with Crippen LogP contribution in [0.25, 0.3) is 0 Å². The third-order valence-corrected chi connectivity index (χ3v) is 4.15. The Labute approximate surface area is 131 Å². The number of halogens is 1. The zero-order valence-corrected chi connectivity index (χ0v) is 13.5. The van der Waals surface area contributed by atoms with Crippen LogP contribution in [0.15, 0.2) is 33.6 Å². The van der Waals surface area contributed by atoms with Gasteiger partial charge in [0.15, 0.2) is 0 Å². The van der Waals surface area contributed by atoms with E-state index in [0.29, 0.717) is 19.4 Å². The largest absolute Gasteiger partial charge is 0.481 e. The number of thioether (sulfide) groups is 1. The van der Waals surface area contributed by atoms with Crippen molar-refractivity contribution in [2.45, 2.75) is 30.6 Å². The molecule has 0 unspecified atom stereocenters. The van der Waals surface area contributed by atoms with E-state index in [-0.39, 0.29) is 12.3 Å². The zero-order valence-electron chi connectivity index (χ0n) is 11.1. The van der Waals surface area contributed by atoms with Gasteiger partial charge in [0, 0.05) is 28.8 Å². The quantitative estimate of drug-likeness (QED) is 0.524. The van der Waals surface area contributed by atoms with E-state index in [1.807, 2.05) is 24.3 Å². The number of amides is 1. The molecule has 0 aliphatic rings. The fraction of sp³-hybridized carbons (Fsp3) is 0.429. The molecule has 1 rings (SSSR count). The van der Waals surface area contributed by atoms with Gasteiger partial charge < -0.3 is 10.4 Å². The molecule has 0 heterocycles. The number of hydrogen-bond acceptors (Lipinski definition) is 3. The van der Waals surface area contributed by atoms with Crippen LogP contribution in [0.5, 0.6) is 0 Å². The first-order chi connectivity index (χ1) is 9.58. The monoisotopic (exact) mass is 359 g/mol. The van der Waals surface area contributed by atoms with Crippen molar-refractivity contribution in [3.63, 3.8) is 0 Å². The van der Waals surface area contributed by atoms with Crippen LogP contribution in [0.1, 0.15) is 25.7 Å². The number of carboxylic acids is 1. The molecule has 110 valence electrons.